The molecule has 1 aliphatic carbocycles. The van der Waals surface area contributed by atoms with E-state index in [4.69, 9.17) is 15.0 Å². The van der Waals surface area contributed by atoms with Crippen molar-refractivity contribution in [3.8, 4) is 5.75 Å². The molecule has 1 unspecified atom stereocenters. The second-order valence-electron chi connectivity index (χ2n) is 5.08. The number of aromatic nitrogens is 2. The fraction of sp³-hybridized carbons (Fsp3) is 0.429. The smallest absolute Gasteiger partial charge is 0.264 e. The van der Waals surface area contributed by atoms with Crippen molar-refractivity contribution in [1.29, 1.82) is 0 Å². The number of hydrogen-bond acceptors (Lipinski definition) is 5. The van der Waals surface area contributed by atoms with Crippen LogP contribution in [0.25, 0.3) is 0 Å². The van der Waals surface area contributed by atoms with Crippen molar-refractivity contribution in [2.24, 2.45) is 5.73 Å². The van der Waals surface area contributed by atoms with Crippen molar-refractivity contribution < 1.29 is 9.26 Å². The molecule has 0 saturated heterocycles. The van der Waals surface area contributed by atoms with E-state index in [9.17, 15) is 0 Å². The average Bonchev–Trinajstić information content (AvgIpc) is 3.15. The Labute approximate surface area is 125 Å². The highest BCUT2D eigenvalue weighted by molar-refractivity contribution is 9.10. The molecule has 20 heavy (non-hydrogen) atoms. The Morgan fingerprint density at radius 3 is 3.00 bits per heavy atom. The maximum absolute atomic E-state index is 5.94. The summed E-state index contributed by atoms with van der Waals surface area (Å²) in [6.07, 6.45) is 2.31. The van der Waals surface area contributed by atoms with Crippen LogP contribution < -0.4 is 10.5 Å². The first-order valence-corrected chi connectivity index (χ1v) is 7.43. The van der Waals surface area contributed by atoms with Crippen LogP contribution in [0.1, 0.15) is 49.0 Å². The third-order valence-electron chi connectivity index (χ3n) is 3.24. The fourth-order valence-electron chi connectivity index (χ4n) is 1.98. The Kier molecular flexibility index (Phi) is 3.76. The van der Waals surface area contributed by atoms with Crippen LogP contribution >= 0.6 is 15.9 Å². The van der Waals surface area contributed by atoms with E-state index < -0.39 is 0 Å². The number of halogens is 1. The summed E-state index contributed by atoms with van der Waals surface area (Å²) in [6, 6.07) is 5.70. The molecule has 1 aromatic carbocycles. The van der Waals surface area contributed by atoms with Gasteiger partial charge in [-0.3, -0.25) is 0 Å². The summed E-state index contributed by atoms with van der Waals surface area (Å²) in [7, 11) is 0. The van der Waals surface area contributed by atoms with Crippen molar-refractivity contribution in [1.82, 2.24) is 10.1 Å². The lowest BCUT2D eigenvalue weighted by molar-refractivity contribution is 0.240. The molecule has 2 N–H and O–H groups in total. The van der Waals surface area contributed by atoms with Crippen LogP contribution in [0.3, 0.4) is 0 Å². The minimum absolute atomic E-state index is 0.0946. The Bertz CT molecular complexity index is 608. The van der Waals surface area contributed by atoms with E-state index in [1.807, 2.05) is 25.1 Å². The molecule has 0 spiro atoms. The zero-order chi connectivity index (χ0) is 14.1. The Morgan fingerprint density at radius 1 is 1.50 bits per heavy atom. The summed E-state index contributed by atoms with van der Waals surface area (Å²) in [5, 5.41) is 3.97. The van der Waals surface area contributed by atoms with E-state index in [1.165, 1.54) is 0 Å². The van der Waals surface area contributed by atoms with Crippen LogP contribution in [-0.2, 0) is 6.61 Å². The monoisotopic (exact) mass is 337 g/mol. The van der Waals surface area contributed by atoms with Gasteiger partial charge in [0.2, 0.25) is 0 Å². The van der Waals surface area contributed by atoms with Crippen LogP contribution in [0, 0.1) is 0 Å². The summed E-state index contributed by atoms with van der Waals surface area (Å²) >= 11 is 3.43. The van der Waals surface area contributed by atoms with Gasteiger partial charge in [-0.1, -0.05) is 27.2 Å². The molecule has 1 saturated carbocycles. The van der Waals surface area contributed by atoms with Gasteiger partial charge in [0.25, 0.3) is 5.89 Å². The van der Waals surface area contributed by atoms with Gasteiger partial charge in [0, 0.05) is 22.0 Å². The third-order valence-corrected chi connectivity index (χ3v) is 3.74. The van der Waals surface area contributed by atoms with Crippen molar-refractivity contribution in [2.75, 3.05) is 0 Å². The molecule has 0 bridgehead atoms. The maximum atomic E-state index is 5.94. The number of ether oxygens (including phenoxy) is 1. The van der Waals surface area contributed by atoms with Crippen LogP contribution in [-0.4, -0.2) is 10.1 Å². The summed E-state index contributed by atoms with van der Waals surface area (Å²) in [6.45, 7) is 2.18. The standard InChI is InChI=1S/C14H16BrN3O2/c1-8(16)11-5-4-10(15)6-12(11)19-7-13-17-14(18-20-13)9-2-3-9/h4-6,8-9H,2-3,7,16H2,1H3. The second-order valence-corrected chi connectivity index (χ2v) is 6.00. The minimum atomic E-state index is -0.0946. The van der Waals surface area contributed by atoms with E-state index in [1.54, 1.807) is 0 Å². The van der Waals surface area contributed by atoms with Gasteiger partial charge >= 0.3 is 0 Å². The summed E-state index contributed by atoms with van der Waals surface area (Å²) in [5.41, 5.74) is 6.89. The molecule has 1 fully saturated rings. The predicted octanol–water partition coefficient (Wildman–Crippen LogP) is 3.31. The first-order chi connectivity index (χ1) is 9.63. The third kappa shape index (κ3) is 3.02. The predicted molar refractivity (Wildman–Crippen MR) is 77.3 cm³/mol. The van der Waals surface area contributed by atoms with E-state index in [0.717, 1.165) is 34.5 Å². The fourth-order valence-corrected chi connectivity index (χ4v) is 2.32. The van der Waals surface area contributed by atoms with Gasteiger partial charge in [0.05, 0.1) is 0 Å². The molecule has 1 aliphatic rings. The molecule has 106 valence electrons. The first-order valence-electron chi connectivity index (χ1n) is 6.64. The summed E-state index contributed by atoms with van der Waals surface area (Å²) in [4.78, 5) is 4.34. The Hall–Kier alpha value is -1.40. The van der Waals surface area contributed by atoms with Gasteiger partial charge in [-0.05, 0) is 31.9 Å². The van der Waals surface area contributed by atoms with Gasteiger partial charge in [-0.2, -0.15) is 4.98 Å². The molecule has 1 heterocycles. The zero-order valence-electron chi connectivity index (χ0n) is 11.2. The van der Waals surface area contributed by atoms with Crippen LogP contribution in [0.15, 0.2) is 27.2 Å². The number of nitrogens with two attached hydrogens (primary N) is 1. The number of nitrogens with zero attached hydrogens (tertiary/aromatic N) is 2. The minimum Gasteiger partial charge on any atom is -0.483 e. The molecule has 6 heteroatoms. The lowest BCUT2D eigenvalue weighted by Crippen LogP contribution is -2.08. The van der Waals surface area contributed by atoms with Crippen LogP contribution in [0.2, 0.25) is 0 Å². The van der Waals surface area contributed by atoms with E-state index in [-0.39, 0.29) is 12.6 Å². The highest BCUT2D eigenvalue weighted by atomic mass is 79.9. The number of rotatable bonds is 5. The molecular formula is C14H16BrN3O2. The van der Waals surface area contributed by atoms with Crippen molar-refractivity contribution in [3.05, 3.63) is 40.0 Å². The molecular weight excluding hydrogens is 322 g/mol. The van der Waals surface area contributed by atoms with Crippen molar-refractivity contribution in [2.45, 2.75) is 38.3 Å². The van der Waals surface area contributed by atoms with Crippen LogP contribution in [0.4, 0.5) is 0 Å². The Balaban J connectivity index is 1.71. The SMILES string of the molecule is CC(N)c1ccc(Br)cc1OCc1nc(C2CC2)no1. The van der Waals surface area contributed by atoms with Crippen molar-refractivity contribution >= 4 is 15.9 Å². The topological polar surface area (TPSA) is 74.2 Å². The molecule has 2 aromatic rings. The lowest BCUT2D eigenvalue weighted by atomic mass is 10.1. The summed E-state index contributed by atoms with van der Waals surface area (Å²) in [5.74, 6) is 2.52. The molecule has 0 aliphatic heterocycles. The second kappa shape index (κ2) is 5.54. The number of benzene rings is 1. The highest BCUT2D eigenvalue weighted by Crippen LogP contribution is 2.38. The molecule has 0 amide bonds. The molecule has 1 atom stereocenters. The van der Waals surface area contributed by atoms with Gasteiger partial charge < -0.3 is 15.0 Å². The van der Waals surface area contributed by atoms with E-state index >= 15 is 0 Å². The zero-order valence-corrected chi connectivity index (χ0v) is 12.8. The van der Waals surface area contributed by atoms with Crippen molar-refractivity contribution in [3.63, 3.8) is 0 Å². The van der Waals surface area contributed by atoms with Gasteiger partial charge in [-0.25, -0.2) is 0 Å². The quantitative estimate of drug-likeness (QED) is 0.905. The van der Waals surface area contributed by atoms with E-state index in [2.05, 4.69) is 26.1 Å². The molecule has 0 radical (unpaired) electrons. The maximum Gasteiger partial charge on any atom is 0.264 e. The average molecular weight is 338 g/mol. The summed E-state index contributed by atoms with van der Waals surface area (Å²) < 4.78 is 11.9. The first kappa shape index (κ1) is 13.6. The Morgan fingerprint density at radius 2 is 2.30 bits per heavy atom. The van der Waals surface area contributed by atoms with Gasteiger partial charge in [-0.15, -0.1) is 0 Å². The highest BCUT2D eigenvalue weighted by Gasteiger charge is 2.28. The molecule has 5 nitrogen and oxygen atoms in total. The van der Waals surface area contributed by atoms with E-state index in [0.29, 0.717) is 11.8 Å². The lowest BCUT2D eigenvalue weighted by Gasteiger charge is -2.13. The normalized spacial score (nSPS) is 16.1. The molecule has 3 rings (SSSR count). The largest absolute Gasteiger partial charge is 0.483 e. The van der Waals surface area contributed by atoms with Gasteiger partial charge in [0.1, 0.15) is 5.75 Å². The molecule has 1 aromatic heterocycles. The van der Waals surface area contributed by atoms with Gasteiger partial charge in [0.15, 0.2) is 12.4 Å². The van der Waals surface area contributed by atoms with Crippen LogP contribution in [0.5, 0.6) is 5.75 Å². The number of hydrogen-bond donors (Lipinski definition) is 1.